The lowest BCUT2D eigenvalue weighted by Crippen LogP contribution is -2.48. The molecule has 2 aliphatic rings. The average Bonchev–Trinajstić information content (AvgIpc) is 2.69. The first-order chi connectivity index (χ1) is 12.9. The van der Waals surface area contributed by atoms with E-state index >= 15 is 0 Å². The summed E-state index contributed by atoms with van der Waals surface area (Å²) >= 11 is 3.35. The van der Waals surface area contributed by atoms with E-state index in [-0.39, 0.29) is 22.8 Å². The lowest BCUT2D eigenvalue weighted by molar-refractivity contribution is 0.212. The Morgan fingerprint density at radius 2 is 2.04 bits per heavy atom. The van der Waals surface area contributed by atoms with Gasteiger partial charge in [0.25, 0.3) is 0 Å². The first-order valence-corrected chi connectivity index (χ1v) is 9.33. The monoisotopic (exact) mass is 425 g/mol. The van der Waals surface area contributed by atoms with Crippen LogP contribution < -0.4 is 5.73 Å². The first-order valence-electron chi connectivity index (χ1n) is 8.54. The number of nitrogens with zero attached hydrogens (tertiary/aromatic N) is 4. The zero-order valence-corrected chi connectivity index (χ0v) is 16.3. The van der Waals surface area contributed by atoms with Crippen LogP contribution in [0.1, 0.15) is 18.4 Å². The number of likely N-dealkylation sites (N-methyl/N-ethyl adjacent to an activating group) is 1. The van der Waals surface area contributed by atoms with E-state index in [1.807, 2.05) is 25.1 Å². The zero-order chi connectivity index (χ0) is 19.8. The van der Waals surface area contributed by atoms with Crippen molar-refractivity contribution in [2.45, 2.75) is 12.8 Å². The minimum absolute atomic E-state index is 0.0909. The normalized spacial score (nSPS) is 24.2. The maximum atomic E-state index is 14.8. The third-order valence-corrected chi connectivity index (χ3v) is 5.97. The van der Waals surface area contributed by atoms with E-state index in [2.05, 4.69) is 26.9 Å². The highest BCUT2D eigenvalue weighted by Gasteiger charge is 2.55. The molecule has 0 aromatic heterocycles. The van der Waals surface area contributed by atoms with Gasteiger partial charge >= 0.3 is 0 Å². The van der Waals surface area contributed by atoms with Crippen molar-refractivity contribution in [1.29, 1.82) is 15.8 Å². The van der Waals surface area contributed by atoms with Crippen LogP contribution >= 0.6 is 15.9 Å². The molecule has 7 heteroatoms. The van der Waals surface area contributed by atoms with Gasteiger partial charge in [0, 0.05) is 29.4 Å². The van der Waals surface area contributed by atoms with Crippen LogP contribution in [0.5, 0.6) is 0 Å². The predicted octanol–water partition coefficient (Wildman–Crippen LogP) is 3.33. The second kappa shape index (κ2) is 7.16. The van der Waals surface area contributed by atoms with E-state index in [0.29, 0.717) is 23.1 Å². The molecule has 0 fully saturated rings. The van der Waals surface area contributed by atoms with Crippen LogP contribution in [0.4, 0.5) is 4.39 Å². The van der Waals surface area contributed by atoms with Crippen molar-refractivity contribution in [2.24, 2.45) is 17.1 Å². The zero-order valence-electron chi connectivity index (χ0n) is 14.7. The summed E-state index contributed by atoms with van der Waals surface area (Å²) in [4.78, 5) is 2.13. The molecule has 0 bridgehead atoms. The molecule has 2 atom stereocenters. The summed E-state index contributed by atoms with van der Waals surface area (Å²) in [6.45, 7) is 3.93. The van der Waals surface area contributed by atoms with Crippen LogP contribution in [0.3, 0.4) is 0 Å². The summed E-state index contributed by atoms with van der Waals surface area (Å²) in [6.07, 6.45) is 1.91. The highest BCUT2D eigenvalue weighted by Crippen LogP contribution is 2.54. The van der Waals surface area contributed by atoms with Crippen molar-refractivity contribution in [3.63, 3.8) is 0 Å². The molecule has 2 N–H and O–H groups in total. The van der Waals surface area contributed by atoms with Crippen molar-refractivity contribution >= 4 is 15.9 Å². The van der Waals surface area contributed by atoms with Gasteiger partial charge in [0.05, 0.1) is 23.4 Å². The number of hydrogen-bond donors (Lipinski definition) is 1. The Kier molecular flexibility index (Phi) is 5.07. The van der Waals surface area contributed by atoms with Gasteiger partial charge < -0.3 is 5.73 Å². The predicted molar refractivity (Wildman–Crippen MR) is 101 cm³/mol. The largest absolute Gasteiger partial charge is 0.399 e. The lowest BCUT2D eigenvalue weighted by Gasteiger charge is -2.45. The van der Waals surface area contributed by atoms with Crippen LogP contribution in [0, 0.1) is 51.1 Å². The van der Waals surface area contributed by atoms with Gasteiger partial charge in [0.1, 0.15) is 11.9 Å². The summed E-state index contributed by atoms with van der Waals surface area (Å²) in [5.74, 6) is -1.70. The van der Waals surface area contributed by atoms with Crippen molar-refractivity contribution < 1.29 is 4.39 Å². The molecule has 1 aliphatic heterocycles. The number of halogens is 2. The van der Waals surface area contributed by atoms with Crippen LogP contribution in [0.25, 0.3) is 0 Å². The van der Waals surface area contributed by atoms with Gasteiger partial charge in [-0.15, -0.1) is 0 Å². The van der Waals surface area contributed by atoms with Crippen molar-refractivity contribution in [3.8, 4) is 18.2 Å². The Hall–Kier alpha value is -2.66. The van der Waals surface area contributed by atoms with Gasteiger partial charge in [-0.05, 0) is 35.9 Å². The third kappa shape index (κ3) is 2.82. The maximum absolute atomic E-state index is 14.8. The number of hydrogen-bond acceptors (Lipinski definition) is 5. The molecule has 0 saturated heterocycles. The molecule has 1 aliphatic carbocycles. The van der Waals surface area contributed by atoms with Crippen molar-refractivity contribution in [1.82, 2.24) is 4.90 Å². The van der Waals surface area contributed by atoms with E-state index in [9.17, 15) is 20.2 Å². The summed E-state index contributed by atoms with van der Waals surface area (Å²) < 4.78 is 15.5. The minimum Gasteiger partial charge on any atom is -0.399 e. The lowest BCUT2D eigenvalue weighted by atomic mass is 9.58. The highest BCUT2D eigenvalue weighted by atomic mass is 79.9. The minimum atomic E-state index is -1.81. The standard InChI is InChI=1S/C20H17BrFN5/c1-2-27-6-5-13-15(8-23)19(26)20(10-24,11-25)18(16(13)9-27)14-7-12(21)3-4-17(14)22/h3-5,7,16,18H,2,6,9,26H2,1H3/t16-,18-/m1/s1. The Balaban J connectivity index is 2.36. The second-order valence-electron chi connectivity index (χ2n) is 6.69. The molecule has 1 heterocycles. The SMILES string of the molecule is CCN1CC=C2C(C#N)=C(N)C(C#N)(C#N)[C@H](c3cc(Br)ccc3F)[C@@H]2C1. The van der Waals surface area contributed by atoms with Gasteiger partial charge in [0.2, 0.25) is 0 Å². The maximum Gasteiger partial charge on any atom is 0.191 e. The van der Waals surface area contributed by atoms with E-state index < -0.39 is 17.2 Å². The van der Waals surface area contributed by atoms with E-state index in [4.69, 9.17) is 5.73 Å². The van der Waals surface area contributed by atoms with Crippen molar-refractivity contribution in [2.75, 3.05) is 19.6 Å². The number of fused-ring (bicyclic) bond motifs is 1. The van der Waals surface area contributed by atoms with Gasteiger partial charge in [-0.3, -0.25) is 4.90 Å². The van der Waals surface area contributed by atoms with Crippen LogP contribution in [0.15, 0.2) is 45.6 Å². The molecule has 1 aromatic rings. The van der Waals surface area contributed by atoms with Crippen LogP contribution in [-0.4, -0.2) is 24.5 Å². The van der Waals surface area contributed by atoms with Crippen molar-refractivity contribution in [3.05, 3.63) is 57.0 Å². The fourth-order valence-electron chi connectivity index (χ4n) is 4.09. The smallest absolute Gasteiger partial charge is 0.191 e. The molecule has 0 radical (unpaired) electrons. The quantitative estimate of drug-likeness (QED) is 0.782. The molecule has 0 spiro atoms. The molecule has 3 rings (SSSR count). The summed E-state index contributed by atoms with van der Waals surface area (Å²) in [6, 6.07) is 10.6. The highest BCUT2D eigenvalue weighted by molar-refractivity contribution is 9.10. The Morgan fingerprint density at radius 1 is 1.33 bits per heavy atom. The Bertz CT molecular complexity index is 962. The molecule has 0 saturated carbocycles. The fourth-order valence-corrected chi connectivity index (χ4v) is 4.47. The molecular weight excluding hydrogens is 409 g/mol. The first kappa shape index (κ1) is 19.1. The molecule has 27 heavy (non-hydrogen) atoms. The molecule has 5 nitrogen and oxygen atoms in total. The fraction of sp³-hybridized carbons (Fsp3) is 0.350. The molecule has 1 aromatic carbocycles. The van der Waals surface area contributed by atoms with Crippen LogP contribution in [0.2, 0.25) is 0 Å². The van der Waals surface area contributed by atoms with Crippen LogP contribution in [-0.2, 0) is 0 Å². The van der Waals surface area contributed by atoms with Gasteiger partial charge in [-0.1, -0.05) is 28.9 Å². The number of nitrogens with two attached hydrogens (primary N) is 1. The van der Waals surface area contributed by atoms with E-state index in [1.165, 1.54) is 6.07 Å². The third-order valence-electron chi connectivity index (χ3n) is 5.48. The molecular formula is C20H17BrFN5. The van der Waals surface area contributed by atoms with Gasteiger partial charge in [-0.2, -0.15) is 15.8 Å². The molecule has 0 unspecified atom stereocenters. The van der Waals surface area contributed by atoms with E-state index in [1.54, 1.807) is 12.1 Å². The number of rotatable bonds is 2. The van der Waals surface area contributed by atoms with E-state index in [0.717, 1.165) is 6.54 Å². The Labute approximate surface area is 165 Å². The van der Waals surface area contributed by atoms with Gasteiger partial charge in [0.15, 0.2) is 5.41 Å². The number of allylic oxidation sites excluding steroid dienone is 2. The Morgan fingerprint density at radius 3 is 2.63 bits per heavy atom. The second-order valence-corrected chi connectivity index (χ2v) is 7.61. The summed E-state index contributed by atoms with van der Waals surface area (Å²) in [5.41, 5.74) is 5.42. The number of benzene rings is 1. The topological polar surface area (TPSA) is 101 Å². The summed E-state index contributed by atoms with van der Waals surface area (Å²) in [7, 11) is 0. The summed E-state index contributed by atoms with van der Waals surface area (Å²) in [5, 5.41) is 29.6. The van der Waals surface area contributed by atoms with Gasteiger partial charge in [-0.25, -0.2) is 4.39 Å². The average molecular weight is 426 g/mol. The molecule has 0 amide bonds. The number of nitriles is 3. The molecule has 136 valence electrons.